The number of ketones is 2. The van der Waals surface area contributed by atoms with Gasteiger partial charge in [0.05, 0.1) is 0 Å². The molecule has 2 aromatic carbocycles. The van der Waals surface area contributed by atoms with Crippen LogP contribution in [0.2, 0.25) is 5.02 Å². The van der Waals surface area contributed by atoms with Crippen molar-refractivity contribution >= 4 is 46.2 Å². The van der Waals surface area contributed by atoms with Gasteiger partial charge in [0.15, 0.2) is 16.7 Å². The number of Topliss-reactive ketones (excluding diaryl/α,β-unsaturated/α-hetero) is 2. The van der Waals surface area contributed by atoms with Crippen LogP contribution >= 0.6 is 23.8 Å². The van der Waals surface area contributed by atoms with Gasteiger partial charge >= 0.3 is 0 Å². The SMILES string of the molecule is CC(=O)c1ccc(NC(=S)N(C)[C@@]2(c3ccccc3Cl)CCCCC2=O)cc1. The molecule has 1 fully saturated rings. The molecular weight excluding hydrogens is 392 g/mol. The first-order valence-electron chi connectivity index (χ1n) is 9.30. The third kappa shape index (κ3) is 3.82. The molecule has 28 heavy (non-hydrogen) atoms. The predicted molar refractivity (Wildman–Crippen MR) is 117 cm³/mol. The Morgan fingerprint density at radius 2 is 1.82 bits per heavy atom. The Bertz CT molecular complexity index is 913. The average molecular weight is 415 g/mol. The molecule has 1 aliphatic rings. The van der Waals surface area contributed by atoms with Crippen molar-refractivity contribution in [2.24, 2.45) is 0 Å². The molecular formula is C22H23ClN2O2S. The zero-order valence-electron chi connectivity index (χ0n) is 16.0. The topological polar surface area (TPSA) is 49.4 Å². The van der Waals surface area contributed by atoms with Crippen LogP contribution in [0.25, 0.3) is 0 Å². The molecule has 0 heterocycles. The van der Waals surface area contributed by atoms with Crippen LogP contribution < -0.4 is 5.32 Å². The smallest absolute Gasteiger partial charge is 0.174 e. The lowest BCUT2D eigenvalue weighted by Crippen LogP contribution is -2.55. The zero-order chi connectivity index (χ0) is 20.3. The summed E-state index contributed by atoms with van der Waals surface area (Å²) in [4.78, 5) is 26.5. The molecule has 1 atom stereocenters. The highest BCUT2D eigenvalue weighted by atomic mass is 35.5. The number of hydrogen-bond donors (Lipinski definition) is 1. The van der Waals surface area contributed by atoms with Gasteiger partial charge in [-0.2, -0.15) is 0 Å². The van der Waals surface area contributed by atoms with Gasteiger partial charge < -0.3 is 10.2 Å². The molecule has 6 heteroatoms. The Labute approximate surface area is 175 Å². The first kappa shape index (κ1) is 20.5. The molecule has 0 saturated heterocycles. The third-order valence-electron chi connectivity index (χ3n) is 5.39. The van der Waals surface area contributed by atoms with Crippen LogP contribution in [0.4, 0.5) is 5.69 Å². The van der Waals surface area contributed by atoms with Gasteiger partial charge in [-0.3, -0.25) is 9.59 Å². The minimum atomic E-state index is -0.875. The molecule has 3 rings (SSSR count). The quantitative estimate of drug-likeness (QED) is 0.549. The maximum Gasteiger partial charge on any atom is 0.174 e. The van der Waals surface area contributed by atoms with E-state index in [1.165, 1.54) is 6.92 Å². The van der Waals surface area contributed by atoms with E-state index in [1.807, 2.05) is 48.3 Å². The number of nitrogens with one attached hydrogen (secondary N) is 1. The normalized spacial score (nSPS) is 19.2. The van der Waals surface area contributed by atoms with Crippen LogP contribution in [0, 0.1) is 0 Å². The summed E-state index contributed by atoms with van der Waals surface area (Å²) in [6.45, 7) is 1.53. The minimum absolute atomic E-state index is 0.0109. The number of carbonyl (C=O) groups excluding carboxylic acids is 2. The van der Waals surface area contributed by atoms with Crippen LogP contribution in [0.15, 0.2) is 48.5 Å². The molecule has 0 bridgehead atoms. The van der Waals surface area contributed by atoms with E-state index >= 15 is 0 Å². The van der Waals surface area contributed by atoms with Gasteiger partial charge in [-0.25, -0.2) is 0 Å². The Hall–Kier alpha value is -2.24. The first-order chi connectivity index (χ1) is 13.4. The molecule has 0 spiro atoms. The van der Waals surface area contributed by atoms with E-state index in [2.05, 4.69) is 5.32 Å². The van der Waals surface area contributed by atoms with E-state index in [-0.39, 0.29) is 11.6 Å². The van der Waals surface area contributed by atoms with Gasteiger partial charge in [0.1, 0.15) is 5.54 Å². The number of anilines is 1. The molecule has 0 aliphatic heterocycles. The zero-order valence-corrected chi connectivity index (χ0v) is 17.6. The van der Waals surface area contributed by atoms with Crippen molar-refractivity contribution in [2.75, 3.05) is 12.4 Å². The molecule has 4 nitrogen and oxygen atoms in total. The number of likely N-dealkylation sites (N-methyl/N-ethyl adjacent to an activating group) is 1. The summed E-state index contributed by atoms with van der Waals surface area (Å²) in [7, 11) is 1.84. The van der Waals surface area contributed by atoms with E-state index < -0.39 is 5.54 Å². The molecule has 1 N–H and O–H groups in total. The van der Waals surface area contributed by atoms with Crippen molar-refractivity contribution < 1.29 is 9.59 Å². The molecule has 0 amide bonds. The summed E-state index contributed by atoms with van der Waals surface area (Å²) in [6, 6.07) is 14.6. The van der Waals surface area contributed by atoms with Gasteiger partial charge in [0.25, 0.3) is 0 Å². The van der Waals surface area contributed by atoms with Gasteiger partial charge in [-0.15, -0.1) is 0 Å². The standard InChI is InChI=1S/C22H23ClN2O2S/c1-15(26)16-10-12-17(13-11-16)24-21(28)25(2)22(14-6-5-9-20(22)27)18-7-3-4-8-19(18)23/h3-4,7-8,10-13H,5-6,9,14H2,1-2H3,(H,24,28)/t22-/m1/s1. The van der Waals surface area contributed by atoms with Crippen molar-refractivity contribution in [1.82, 2.24) is 4.90 Å². The Morgan fingerprint density at radius 1 is 1.14 bits per heavy atom. The average Bonchev–Trinajstić information content (AvgIpc) is 2.69. The van der Waals surface area contributed by atoms with Gasteiger partial charge in [-0.1, -0.05) is 29.8 Å². The highest BCUT2D eigenvalue weighted by Crippen LogP contribution is 2.42. The lowest BCUT2D eigenvalue weighted by atomic mass is 9.74. The largest absolute Gasteiger partial charge is 0.335 e. The Balaban J connectivity index is 1.92. The molecule has 0 unspecified atom stereocenters. The summed E-state index contributed by atoms with van der Waals surface area (Å²) < 4.78 is 0. The van der Waals surface area contributed by atoms with Crippen LogP contribution in [-0.2, 0) is 10.3 Å². The fourth-order valence-corrected chi connectivity index (χ4v) is 4.36. The number of carbonyl (C=O) groups is 2. The number of halogens is 1. The predicted octanol–water partition coefficient (Wildman–Crippen LogP) is 5.21. The van der Waals surface area contributed by atoms with E-state index in [1.54, 1.807) is 12.1 Å². The fourth-order valence-electron chi connectivity index (χ4n) is 3.80. The van der Waals surface area contributed by atoms with E-state index in [4.69, 9.17) is 23.8 Å². The van der Waals surface area contributed by atoms with Crippen molar-refractivity contribution in [2.45, 2.75) is 38.1 Å². The number of benzene rings is 2. The summed E-state index contributed by atoms with van der Waals surface area (Å²) in [5.74, 6) is 0.141. The lowest BCUT2D eigenvalue weighted by molar-refractivity contribution is -0.131. The van der Waals surface area contributed by atoms with Crippen molar-refractivity contribution in [3.8, 4) is 0 Å². The second kappa shape index (κ2) is 8.41. The molecule has 0 aromatic heterocycles. The lowest BCUT2D eigenvalue weighted by Gasteiger charge is -2.45. The first-order valence-corrected chi connectivity index (χ1v) is 10.1. The second-order valence-electron chi connectivity index (χ2n) is 7.09. The summed E-state index contributed by atoms with van der Waals surface area (Å²) in [6.07, 6.45) is 2.98. The van der Waals surface area contributed by atoms with Gasteiger partial charge in [0, 0.05) is 35.3 Å². The Morgan fingerprint density at radius 3 is 2.43 bits per heavy atom. The van der Waals surface area contributed by atoms with Crippen LogP contribution in [-0.4, -0.2) is 28.6 Å². The summed E-state index contributed by atoms with van der Waals surface area (Å²) in [5, 5.41) is 4.19. The number of thiocarbonyl (C=S) groups is 1. The maximum absolute atomic E-state index is 13.2. The van der Waals surface area contributed by atoms with Gasteiger partial charge in [-0.05, 0) is 68.7 Å². The summed E-state index contributed by atoms with van der Waals surface area (Å²) >= 11 is 12.1. The number of rotatable bonds is 4. The molecule has 1 aliphatic carbocycles. The number of hydrogen-bond acceptors (Lipinski definition) is 3. The maximum atomic E-state index is 13.2. The monoisotopic (exact) mass is 414 g/mol. The molecule has 146 valence electrons. The van der Waals surface area contributed by atoms with E-state index in [0.29, 0.717) is 28.5 Å². The van der Waals surface area contributed by atoms with Crippen LogP contribution in [0.1, 0.15) is 48.5 Å². The van der Waals surface area contributed by atoms with Crippen LogP contribution in [0.5, 0.6) is 0 Å². The minimum Gasteiger partial charge on any atom is -0.335 e. The molecule has 2 aromatic rings. The number of nitrogens with zero attached hydrogens (tertiary/aromatic N) is 1. The second-order valence-corrected chi connectivity index (χ2v) is 7.89. The fraction of sp³-hybridized carbons (Fsp3) is 0.318. The summed E-state index contributed by atoms with van der Waals surface area (Å²) in [5.41, 5.74) is 1.32. The highest BCUT2D eigenvalue weighted by Gasteiger charge is 2.47. The Kier molecular flexibility index (Phi) is 6.16. The van der Waals surface area contributed by atoms with Crippen molar-refractivity contribution in [3.05, 3.63) is 64.7 Å². The van der Waals surface area contributed by atoms with Crippen molar-refractivity contribution in [3.63, 3.8) is 0 Å². The molecule has 1 saturated carbocycles. The van der Waals surface area contributed by atoms with Crippen molar-refractivity contribution in [1.29, 1.82) is 0 Å². The third-order valence-corrected chi connectivity index (χ3v) is 6.10. The highest BCUT2D eigenvalue weighted by molar-refractivity contribution is 7.80. The molecule has 0 radical (unpaired) electrons. The van der Waals surface area contributed by atoms with Crippen LogP contribution in [0.3, 0.4) is 0 Å². The van der Waals surface area contributed by atoms with Gasteiger partial charge in [0.2, 0.25) is 0 Å². The van der Waals surface area contributed by atoms with E-state index in [0.717, 1.165) is 24.1 Å². The van der Waals surface area contributed by atoms with E-state index in [9.17, 15) is 9.59 Å².